The van der Waals surface area contributed by atoms with E-state index in [1.54, 1.807) is 17.1 Å². The van der Waals surface area contributed by atoms with Gasteiger partial charge < -0.3 is 5.73 Å². The Kier molecular flexibility index (Phi) is 2.74. The maximum absolute atomic E-state index is 6.30. The number of nitrogens with zero attached hydrogens (tertiary/aromatic N) is 3. The third kappa shape index (κ3) is 1.66. The van der Waals surface area contributed by atoms with E-state index < -0.39 is 0 Å². The van der Waals surface area contributed by atoms with Gasteiger partial charge in [0, 0.05) is 18.1 Å². The Bertz CT molecular complexity index is 705. The maximum Gasteiger partial charge on any atom is 0.173 e. The Hall–Kier alpha value is -1.91. The first kappa shape index (κ1) is 11.2. The van der Waals surface area contributed by atoms with Crippen LogP contribution in [0.4, 0.5) is 0 Å². The van der Waals surface area contributed by atoms with Crippen LogP contribution in [0.1, 0.15) is 5.56 Å². The first-order valence-corrected chi connectivity index (χ1v) is 5.95. The molecule has 3 aromatic rings. The zero-order valence-corrected chi connectivity index (χ0v) is 10.3. The number of hydrogen-bond donors (Lipinski definition) is 1. The number of aromatic nitrogens is 3. The normalized spacial score (nSPS) is 11.0. The number of hydrogen-bond acceptors (Lipinski definition) is 3. The fourth-order valence-corrected chi connectivity index (χ4v) is 2.19. The van der Waals surface area contributed by atoms with Crippen molar-refractivity contribution in [1.82, 2.24) is 14.8 Å². The molecule has 0 aliphatic rings. The van der Waals surface area contributed by atoms with Crippen LogP contribution in [0.2, 0.25) is 5.02 Å². The molecule has 0 saturated heterocycles. The summed E-state index contributed by atoms with van der Waals surface area (Å²) in [4.78, 5) is 4.29. The van der Waals surface area contributed by atoms with Crippen molar-refractivity contribution in [2.75, 3.05) is 0 Å². The van der Waals surface area contributed by atoms with E-state index in [9.17, 15) is 0 Å². The fraction of sp³-hybridized carbons (Fsp3) is 0.0769. The van der Waals surface area contributed by atoms with Gasteiger partial charge in [0.05, 0.1) is 16.7 Å². The average Bonchev–Trinajstić information content (AvgIpc) is 2.83. The molecule has 1 aromatic carbocycles. The summed E-state index contributed by atoms with van der Waals surface area (Å²) in [6.45, 7) is 0.382. The highest BCUT2D eigenvalue weighted by molar-refractivity contribution is 6.33. The van der Waals surface area contributed by atoms with Crippen molar-refractivity contribution < 1.29 is 0 Å². The van der Waals surface area contributed by atoms with Gasteiger partial charge in [-0.3, -0.25) is 0 Å². The van der Waals surface area contributed by atoms with Gasteiger partial charge in [0.25, 0.3) is 0 Å². The molecule has 4 nitrogen and oxygen atoms in total. The van der Waals surface area contributed by atoms with E-state index in [1.807, 2.05) is 30.3 Å². The predicted molar refractivity (Wildman–Crippen MR) is 71.8 cm³/mol. The highest BCUT2D eigenvalue weighted by Crippen LogP contribution is 2.25. The predicted octanol–water partition coefficient (Wildman–Crippen LogP) is 2.53. The standard InChI is InChI=1S/C13H11ClN4/c14-12-9(7-15)5-6-16-13(12)18-11-4-2-1-3-10(11)8-17-18/h1-6,8H,7,15H2. The number of pyridine rings is 1. The molecule has 0 amide bonds. The van der Waals surface area contributed by atoms with Crippen molar-refractivity contribution in [2.24, 2.45) is 5.73 Å². The third-order valence-corrected chi connectivity index (χ3v) is 3.26. The topological polar surface area (TPSA) is 56.7 Å². The summed E-state index contributed by atoms with van der Waals surface area (Å²) in [5, 5.41) is 5.93. The van der Waals surface area contributed by atoms with Crippen LogP contribution in [0, 0.1) is 0 Å². The lowest BCUT2D eigenvalue weighted by molar-refractivity contribution is 0.868. The van der Waals surface area contributed by atoms with Gasteiger partial charge in [-0.25, -0.2) is 9.67 Å². The Morgan fingerprint density at radius 3 is 2.89 bits per heavy atom. The highest BCUT2D eigenvalue weighted by atomic mass is 35.5. The van der Waals surface area contributed by atoms with E-state index in [0.717, 1.165) is 16.5 Å². The molecular weight excluding hydrogens is 248 g/mol. The molecule has 5 heteroatoms. The molecule has 0 fully saturated rings. The molecule has 0 radical (unpaired) electrons. The van der Waals surface area contributed by atoms with E-state index in [1.165, 1.54) is 0 Å². The smallest absolute Gasteiger partial charge is 0.173 e. The second kappa shape index (κ2) is 4.40. The minimum absolute atomic E-state index is 0.382. The van der Waals surface area contributed by atoms with Gasteiger partial charge in [-0.1, -0.05) is 29.8 Å². The van der Waals surface area contributed by atoms with Crippen molar-refractivity contribution in [3.63, 3.8) is 0 Å². The summed E-state index contributed by atoms with van der Waals surface area (Å²) in [6, 6.07) is 9.73. The van der Waals surface area contributed by atoms with Crippen LogP contribution < -0.4 is 5.73 Å². The van der Waals surface area contributed by atoms with Crippen LogP contribution in [-0.2, 0) is 6.54 Å². The molecule has 0 aliphatic heterocycles. The van der Waals surface area contributed by atoms with Crippen molar-refractivity contribution in [3.8, 4) is 5.82 Å². The van der Waals surface area contributed by atoms with Crippen LogP contribution in [0.5, 0.6) is 0 Å². The Labute approximate surface area is 109 Å². The first-order valence-electron chi connectivity index (χ1n) is 5.58. The van der Waals surface area contributed by atoms with Crippen LogP contribution >= 0.6 is 11.6 Å². The SMILES string of the molecule is NCc1ccnc(-n2ncc3ccccc32)c1Cl. The quantitative estimate of drug-likeness (QED) is 0.768. The van der Waals surface area contributed by atoms with E-state index in [4.69, 9.17) is 17.3 Å². The van der Waals surface area contributed by atoms with Gasteiger partial charge in [-0.05, 0) is 17.7 Å². The third-order valence-electron chi connectivity index (χ3n) is 2.85. The molecule has 18 heavy (non-hydrogen) atoms. The number of benzene rings is 1. The summed E-state index contributed by atoms with van der Waals surface area (Å²) in [7, 11) is 0. The van der Waals surface area contributed by atoms with Gasteiger partial charge in [0.15, 0.2) is 5.82 Å². The lowest BCUT2D eigenvalue weighted by Gasteiger charge is -2.07. The average molecular weight is 259 g/mol. The largest absolute Gasteiger partial charge is 0.326 e. The van der Waals surface area contributed by atoms with Gasteiger partial charge in [-0.2, -0.15) is 5.10 Å². The van der Waals surface area contributed by atoms with Crippen molar-refractivity contribution in [2.45, 2.75) is 6.54 Å². The molecule has 0 unspecified atom stereocenters. The van der Waals surface area contributed by atoms with Gasteiger partial charge in [0.2, 0.25) is 0 Å². The van der Waals surface area contributed by atoms with Gasteiger partial charge in [-0.15, -0.1) is 0 Å². The molecule has 0 aliphatic carbocycles. The van der Waals surface area contributed by atoms with Crippen LogP contribution in [0.3, 0.4) is 0 Å². The summed E-state index contributed by atoms with van der Waals surface area (Å²) in [5.41, 5.74) is 7.48. The number of rotatable bonds is 2. The second-order valence-corrected chi connectivity index (χ2v) is 4.30. The van der Waals surface area contributed by atoms with Crippen LogP contribution in [-0.4, -0.2) is 14.8 Å². The molecule has 0 saturated carbocycles. The lowest BCUT2D eigenvalue weighted by Crippen LogP contribution is -2.04. The maximum atomic E-state index is 6.30. The Balaban J connectivity index is 2.26. The highest BCUT2D eigenvalue weighted by Gasteiger charge is 2.11. The lowest BCUT2D eigenvalue weighted by atomic mass is 10.2. The first-order chi connectivity index (χ1) is 8.81. The molecule has 3 rings (SSSR count). The van der Waals surface area contributed by atoms with Gasteiger partial charge >= 0.3 is 0 Å². The number of nitrogens with two attached hydrogens (primary N) is 1. The molecule has 0 atom stereocenters. The van der Waals surface area contributed by atoms with Crippen LogP contribution in [0.25, 0.3) is 16.7 Å². The summed E-state index contributed by atoms with van der Waals surface area (Å²) in [6.07, 6.45) is 3.49. The van der Waals surface area contributed by atoms with Crippen molar-refractivity contribution in [1.29, 1.82) is 0 Å². The molecule has 2 heterocycles. The van der Waals surface area contributed by atoms with E-state index >= 15 is 0 Å². The molecule has 90 valence electrons. The minimum Gasteiger partial charge on any atom is -0.326 e. The summed E-state index contributed by atoms with van der Waals surface area (Å²) >= 11 is 6.30. The zero-order valence-electron chi connectivity index (χ0n) is 9.55. The molecule has 2 N–H and O–H groups in total. The van der Waals surface area contributed by atoms with E-state index in [0.29, 0.717) is 17.4 Å². The molecule has 0 spiro atoms. The fourth-order valence-electron chi connectivity index (χ4n) is 1.92. The molecular formula is C13H11ClN4. The summed E-state index contributed by atoms with van der Waals surface area (Å²) in [5.74, 6) is 0.612. The number of halogens is 1. The molecule has 2 aromatic heterocycles. The van der Waals surface area contributed by atoms with Crippen LogP contribution in [0.15, 0.2) is 42.7 Å². The number of fused-ring (bicyclic) bond motifs is 1. The van der Waals surface area contributed by atoms with Crippen molar-refractivity contribution >= 4 is 22.5 Å². The number of para-hydroxylation sites is 1. The van der Waals surface area contributed by atoms with E-state index in [-0.39, 0.29) is 0 Å². The Morgan fingerprint density at radius 2 is 2.06 bits per heavy atom. The second-order valence-electron chi connectivity index (χ2n) is 3.93. The van der Waals surface area contributed by atoms with Gasteiger partial charge in [0.1, 0.15) is 0 Å². The minimum atomic E-state index is 0.382. The zero-order chi connectivity index (χ0) is 12.5. The van der Waals surface area contributed by atoms with Crippen molar-refractivity contribution in [3.05, 3.63) is 53.3 Å². The Morgan fingerprint density at radius 1 is 1.22 bits per heavy atom. The van der Waals surface area contributed by atoms with E-state index in [2.05, 4.69) is 10.1 Å². The summed E-state index contributed by atoms with van der Waals surface area (Å²) < 4.78 is 1.73. The monoisotopic (exact) mass is 258 g/mol. The molecule has 0 bridgehead atoms.